The van der Waals surface area contributed by atoms with Crippen LogP contribution in [0.3, 0.4) is 0 Å². The van der Waals surface area contributed by atoms with Crippen LogP contribution in [-0.2, 0) is 21.4 Å². The molecule has 6 nitrogen and oxygen atoms in total. The lowest BCUT2D eigenvalue weighted by Crippen LogP contribution is -2.33. The van der Waals surface area contributed by atoms with Crippen LogP contribution in [0.1, 0.15) is 12.5 Å². The molecule has 2 aromatic carbocycles. The van der Waals surface area contributed by atoms with Gasteiger partial charge in [0.1, 0.15) is 0 Å². The third kappa shape index (κ3) is 3.58. The fourth-order valence-electron chi connectivity index (χ4n) is 2.48. The number of nitrogens with one attached hydrogen (secondary N) is 2. The number of sulfonamides is 1. The predicted molar refractivity (Wildman–Crippen MR) is 91.6 cm³/mol. The molecule has 0 saturated carbocycles. The van der Waals surface area contributed by atoms with Crippen LogP contribution in [0.2, 0.25) is 0 Å². The maximum Gasteiger partial charge on any atom is 0.243 e. The molecule has 0 aromatic heterocycles. The van der Waals surface area contributed by atoms with Crippen molar-refractivity contribution < 1.29 is 13.2 Å². The van der Waals surface area contributed by atoms with Gasteiger partial charge in [-0.25, -0.2) is 13.1 Å². The summed E-state index contributed by atoms with van der Waals surface area (Å²) < 4.78 is 27.3. The third-order valence-corrected chi connectivity index (χ3v) is 5.33. The van der Waals surface area contributed by atoms with Crippen LogP contribution in [0.4, 0.5) is 5.69 Å². The third-order valence-electron chi connectivity index (χ3n) is 3.92. The highest BCUT2D eigenvalue weighted by atomic mass is 32.2. The highest BCUT2D eigenvalue weighted by molar-refractivity contribution is 7.89. The zero-order chi connectivity index (χ0) is 17.2. The minimum absolute atomic E-state index is 0.0313. The molecule has 2 N–H and O–H groups in total. The predicted octanol–water partition coefficient (Wildman–Crippen LogP) is 1.65. The van der Waals surface area contributed by atoms with E-state index in [0.717, 1.165) is 11.3 Å². The first kappa shape index (κ1) is 16.5. The first-order valence-corrected chi connectivity index (χ1v) is 9.16. The molecule has 1 amide bonds. The van der Waals surface area contributed by atoms with Gasteiger partial charge in [-0.2, -0.15) is 0 Å². The van der Waals surface area contributed by atoms with Crippen LogP contribution in [0, 0.1) is 5.92 Å². The minimum Gasteiger partial charge on any atom is -0.285 e. The van der Waals surface area contributed by atoms with E-state index < -0.39 is 10.0 Å². The van der Waals surface area contributed by atoms with Crippen LogP contribution in [-0.4, -0.2) is 20.9 Å². The number of anilines is 1. The number of amides is 1. The zero-order valence-electron chi connectivity index (χ0n) is 13.3. The average Bonchev–Trinajstić information content (AvgIpc) is 2.93. The van der Waals surface area contributed by atoms with Gasteiger partial charge in [0.25, 0.3) is 0 Å². The number of carbonyl (C=O) groups is 1. The van der Waals surface area contributed by atoms with Gasteiger partial charge in [-0.3, -0.25) is 15.2 Å². The van der Waals surface area contributed by atoms with E-state index in [1.807, 2.05) is 37.3 Å². The Labute approximate surface area is 141 Å². The van der Waals surface area contributed by atoms with Gasteiger partial charge < -0.3 is 0 Å². The van der Waals surface area contributed by atoms with Gasteiger partial charge in [-0.05, 0) is 29.8 Å². The van der Waals surface area contributed by atoms with Gasteiger partial charge in [-0.15, -0.1) is 0 Å². The maximum atomic E-state index is 12.3. The highest BCUT2D eigenvalue weighted by Crippen LogP contribution is 2.20. The van der Waals surface area contributed by atoms with Crippen LogP contribution >= 0.6 is 0 Å². The molecule has 1 saturated heterocycles. The molecule has 0 radical (unpaired) electrons. The molecule has 126 valence electrons. The topological polar surface area (TPSA) is 78.5 Å². The second-order valence-electron chi connectivity index (χ2n) is 5.79. The summed E-state index contributed by atoms with van der Waals surface area (Å²) in [5, 5.41) is 1.72. The van der Waals surface area contributed by atoms with Gasteiger partial charge in [-0.1, -0.05) is 37.3 Å². The summed E-state index contributed by atoms with van der Waals surface area (Å²) in [5.41, 5.74) is 4.41. The fourth-order valence-corrected chi connectivity index (χ4v) is 3.50. The Morgan fingerprint density at radius 1 is 1.12 bits per heavy atom. The average molecular weight is 345 g/mol. The Hall–Kier alpha value is -2.38. The van der Waals surface area contributed by atoms with E-state index >= 15 is 0 Å². The quantitative estimate of drug-likeness (QED) is 0.864. The van der Waals surface area contributed by atoms with Crippen LogP contribution < -0.4 is 15.2 Å². The van der Waals surface area contributed by atoms with Gasteiger partial charge in [0.05, 0.1) is 23.0 Å². The molecule has 1 atom stereocenters. The summed E-state index contributed by atoms with van der Waals surface area (Å²) in [6.07, 6.45) is 0. The number of hydrazine groups is 1. The standard InChI is InChI=1S/C17H19N3O3S/c1-13-12-20(19-17(13)21)15-7-9-16(10-8-15)24(22,23)18-11-14-5-3-2-4-6-14/h2-10,13,18H,11-12H2,1H3,(H,19,21). The highest BCUT2D eigenvalue weighted by Gasteiger charge is 2.26. The van der Waals surface area contributed by atoms with E-state index in [4.69, 9.17) is 0 Å². The van der Waals surface area contributed by atoms with Gasteiger partial charge >= 0.3 is 0 Å². The van der Waals surface area contributed by atoms with Crippen LogP contribution in [0.15, 0.2) is 59.5 Å². The monoisotopic (exact) mass is 345 g/mol. The van der Waals surface area contributed by atoms with E-state index in [1.165, 1.54) is 12.1 Å². The summed E-state index contributed by atoms with van der Waals surface area (Å²) in [6.45, 7) is 2.66. The minimum atomic E-state index is -3.58. The van der Waals surface area contributed by atoms with Crippen LogP contribution in [0.5, 0.6) is 0 Å². The Morgan fingerprint density at radius 3 is 2.38 bits per heavy atom. The fraction of sp³-hybridized carbons (Fsp3) is 0.235. The molecule has 2 aromatic rings. The Kier molecular flexibility index (Phi) is 4.55. The second-order valence-corrected chi connectivity index (χ2v) is 7.56. The van der Waals surface area contributed by atoms with Crippen molar-refractivity contribution in [1.29, 1.82) is 0 Å². The molecule has 1 heterocycles. The smallest absolute Gasteiger partial charge is 0.243 e. The van der Waals surface area contributed by atoms with Crippen molar-refractivity contribution in [2.75, 3.05) is 11.6 Å². The molecule has 1 fully saturated rings. The van der Waals surface area contributed by atoms with E-state index in [9.17, 15) is 13.2 Å². The summed E-state index contributed by atoms with van der Waals surface area (Å²) in [7, 11) is -3.58. The van der Waals surface area contributed by atoms with E-state index in [2.05, 4.69) is 10.1 Å². The molecule has 0 aliphatic carbocycles. The molecule has 3 rings (SSSR count). The Balaban J connectivity index is 1.69. The Morgan fingerprint density at radius 2 is 1.79 bits per heavy atom. The van der Waals surface area contributed by atoms with Crippen molar-refractivity contribution in [2.45, 2.75) is 18.4 Å². The number of benzene rings is 2. The normalized spacial score (nSPS) is 17.8. The lowest BCUT2D eigenvalue weighted by molar-refractivity contribution is -0.121. The summed E-state index contributed by atoms with van der Waals surface area (Å²) >= 11 is 0. The van der Waals surface area contributed by atoms with Crippen molar-refractivity contribution in [3.8, 4) is 0 Å². The van der Waals surface area contributed by atoms with Gasteiger partial charge in [0.2, 0.25) is 15.9 Å². The SMILES string of the molecule is CC1CN(c2ccc(S(=O)(=O)NCc3ccccc3)cc2)NC1=O. The van der Waals surface area contributed by atoms with E-state index in [0.29, 0.717) is 6.54 Å². The summed E-state index contributed by atoms with van der Waals surface area (Å²) in [4.78, 5) is 11.7. The number of nitrogens with zero attached hydrogens (tertiary/aromatic N) is 1. The molecule has 7 heteroatoms. The molecular weight excluding hydrogens is 326 g/mol. The number of hydrogen-bond acceptors (Lipinski definition) is 4. The van der Waals surface area contributed by atoms with Crippen molar-refractivity contribution in [2.24, 2.45) is 5.92 Å². The molecular formula is C17H19N3O3S. The van der Waals surface area contributed by atoms with Crippen molar-refractivity contribution in [1.82, 2.24) is 10.1 Å². The number of rotatable bonds is 5. The summed E-state index contributed by atoms with van der Waals surface area (Å²) in [6, 6.07) is 15.8. The molecule has 0 bridgehead atoms. The molecule has 1 aliphatic rings. The number of carbonyl (C=O) groups excluding carboxylic acids is 1. The first-order chi connectivity index (χ1) is 11.5. The first-order valence-electron chi connectivity index (χ1n) is 7.67. The van der Waals surface area contributed by atoms with E-state index in [-0.39, 0.29) is 23.3 Å². The van der Waals surface area contributed by atoms with Gasteiger partial charge in [0, 0.05) is 6.54 Å². The zero-order valence-corrected chi connectivity index (χ0v) is 14.1. The lowest BCUT2D eigenvalue weighted by atomic mass is 10.2. The van der Waals surface area contributed by atoms with Gasteiger partial charge in [0.15, 0.2) is 0 Å². The number of hydrogen-bond donors (Lipinski definition) is 2. The Bertz CT molecular complexity index is 820. The molecule has 1 aliphatic heterocycles. The van der Waals surface area contributed by atoms with Crippen molar-refractivity contribution in [3.05, 3.63) is 60.2 Å². The molecule has 24 heavy (non-hydrogen) atoms. The van der Waals surface area contributed by atoms with Crippen molar-refractivity contribution >= 4 is 21.6 Å². The molecule has 1 unspecified atom stereocenters. The molecule has 0 spiro atoms. The van der Waals surface area contributed by atoms with Crippen molar-refractivity contribution in [3.63, 3.8) is 0 Å². The van der Waals surface area contributed by atoms with Crippen LogP contribution in [0.25, 0.3) is 0 Å². The van der Waals surface area contributed by atoms with E-state index in [1.54, 1.807) is 17.1 Å². The second kappa shape index (κ2) is 6.62. The largest absolute Gasteiger partial charge is 0.285 e. The lowest BCUT2D eigenvalue weighted by Gasteiger charge is -2.17. The maximum absolute atomic E-state index is 12.3. The summed E-state index contributed by atoms with van der Waals surface area (Å²) in [5.74, 6) is -0.114.